The van der Waals surface area contributed by atoms with Gasteiger partial charge in [0.1, 0.15) is 0 Å². The maximum absolute atomic E-state index is 12.0. The van der Waals surface area contributed by atoms with Crippen molar-refractivity contribution in [2.24, 2.45) is 5.73 Å². The average molecular weight is 248 g/mol. The van der Waals surface area contributed by atoms with Crippen LogP contribution in [0, 0.1) is 0 Å². The van der Waals surface area contributed by atoms with Crippen LogP contribution in [0.15, 0.2) is 18.2 Å². The molecule has 1 aliphatic rings. The first kappa shape index (κ1) is 12.6. The zero-order valence-corrected chi connectivity index (χ0v) is 10.3. The number of nitrogens with zero attached hydrogens (tertiary/aromatic N) is 1. The predicted molar refractivity (Wildman–Crippen MR) is 66.2 cm³/mol. The Hall–Kier alpha value is -1.88. The number of rotatable bonds is 4. The molecule has 0 radical (unpaired) electrons. The molecular formula is C13H16N2O3. The lowest BCUT2D eigenvalue weighted by Gasteiger charge is -2.13. The van der Waals surface area contributed by atoms with Crippen LogP contribution >= 0.6 is 0 Å². The maximum atomic E-state index is 12.0. The fourth-order valence-electron chi connectivity index (χ4n) is 2.04. The molecule has 18 heavy (non-hydrogen) atoms. The summed E-state index contributed by atoms with van der Waals surface area (Å²) >= 11 is 0. The minimum atomic E-state index is -0.398. The van der Waals surface area contributed by atoms with E-state index in [4.69, 9.17) is 10.5 Å². The normalized spacial score (nSPS) is 13.7. The number of carbonyl (C=O) groups is 2. The van der Waals surface area contributed by atoms with Gasteiger partial charge < -0.3 is 15.4 Å². The van der Waals surface area contributed by atoms with Gasteiger partial charge in [-0.25, -0.2) is 4.79 Å². The summed E-state index contributed by atoms with van der Waals surface area (Å²) in [6, 6.07) is 5.10. The molecule has 1 amide bonds. The van der Waals surface area contributed by atoms with Crippen LogP contribution in [0.2, 0.25) is 0 Å². The van der Waals surface area contributed by atoms with Crippen molar-refractivity contribution in [1.29, 1.82) is 0 Å². The van der Waals surface area contributed by atoms with Gasteiger partial charge in [-0.15, -0.1) is 0 Å². The topological polar surface area (TPSA) is 72.6 Å². The fourth-order valence-corrected chi connectivity index (χ4v) is 2.04. The van der Waals surface area contributed by atoms with Gasteiger partial charge in [0.15, 0.2) is 0 Å². The molecular weight excluding hydrogens is 232 g/mol. The number of fused-ring (bicyclic) bond motifs is 1. The number of esters is 1. The van der Waals surface area contributed by atoms with Crippen LogP contribution in [0.25, 0.3) is 0 Å². The third-order valence-corrected chi connectivity index (χ3v) is 2.90. The van der Waals surface area contributed by atoms with E-state index in [0.29, 0.717) is 37.4 Å². The van der Waals surface area contributed by atoms with E-state index in [9.17, 15) is 9.59 Å². The molecule has 0 spiro atoms. The number of nitrogens with two attached hydrogens (primary N) is 1. The Bertz CT molecular complexity index is 485. The first-order valence-corrected chi connectivity index (χ1v) is 5.96. The van der Waals surface area contributed by atoms with Crippen molar-refractivity contribution in [3.63, 3.8) is 0 Å². The summed E-state index contributed by atoms with van der Waals surface area (Å²) in [6.07, 6.45) is 0. The summed E-state index contributed by atoms with van der Waals surface area (Å²) in [5, 5.41) is 0. The average Bonchev–Trinajstić information content (AvgIpc) is 2.67. The molecule has 1 heterocycles. The molecule has 0 fully saturated rings. The Morgan fingerprint density at radius 3 is 2.94 bits per heavy atom. The van der Waals surface area contributed by atoms with E-state index >= 15 is 0 Å². The number of hydrogen-bond acceptors (Lipinski definition) is 4. The van der Waals surface area contributed by atoms with Crippen LogP contribution in [-0.4, -0.2) is 36.5 Å². The van der Waals surface area contributed by atoms with E-state index in [1.165, 1.54) is 0 Å². The molecule has 96 valence electrons. The summed E-state index contributed by atoms with van der Waals surface area (Å²) < 4.78 is 4.91. The smallest absolute Gasteiger partial charge is 0.338 e. The van der Waals surface area contributed by atoms with Gasteiger partial charge in [0.25, 0.3) is 5.91 Å². The van der Waals surface area contributed by atoms with Gasteiger partial charge in [-0.1, -0.05) is 6.07 Å². The van der Waals surface area contributed by atoms with Gasteiger partial charge in [-0.3, -0.25) is 4.79 Å². The molecule has 0 saturated heterocycles. The summed E-state index contributed by atoms with van der Waals surface area (Å²) in [5.74, 6) is -0.466. The van der Waals surface area contributed by atoms with Crippen molar-refractivity contribution in [3.8, 4) is 0 Å². The highest BCUT2D eigenvalue weighted by Crippen LogP contribution is 2.23. The molecule has 1 aliphatic heterocycles. The van der Waals surface area contributed by atoms with E-state index in [2.05, 4.69) is 0 Å². The molecule has 0 aromatic heterocycles. The van der Waals surface area contributed by atoms with E-state index < -0.39 is 5.97 Å². The molecule has 0 bridgehead atoms. The Morgan fingerprint density at radius 1 is 1.50 bits per heavy atom. The highest BCUT2D eigenvalue weighted by molar-refractivity contribution is 6.01. The van der Waals surface area contributed by atoms with E-state index in [-0.39, 0.29) is 5.91 Å². The third-order valence-electron chi connectivity index (χ3n) is 2.90. The standard InChI is InChI=1S/C13H16N2O3/c1-2-18-13(17)9-3-4-10-8-15(6-5-14)12(16)11(10)7-9/h3-4,7H,2,5-6,8,14H2,1H3. The molecule has 5 nitrogen and oxygen atoms in total. The quantitative estimate of drug-likeness (QED) is 0.799. The highest BCUT2D eigenvalue weighted by atomic mass is 16.5. The van der Waals surface area contributed by atoms with E-state index in [0.717, 1.165) is 5.56 Å². The largest absolute Gasteiger partial charge is 0.462 e. The van der Waals surface area contributed by atoms with Gasteiger partial charge in [-0.2, -0.15) is 0 Å². The molecule has 0 atom stereocenters. The summed E-state index contributed by atoms with van der Waals surface area (Å²) in [5.41, 5.74) is 7.38. The van der Waals surface area contributed by atoms with Crippen molar-refractivity contribution in [2.45, 2.75) is 13.5 Å². The maximum Gasteiger partial charge on any atom is 0.338 e. The van der Waals surface area contributed by atoms with Gasteiger partial charge in [0.2, 0.25) is 0 Å². The van der Waals surface area contributed by atoms with Crippen molar-refractivity contribution in [3.05, 3.63) is 34.9 Å². The second-order valence-electron chi connectivity index (χ2n) is 4.11. The van der Waals surface area contributed by atoms with Crippen molar-refractivity contribution >= 4 is 11.9 Å². The second-order valence-corrected chi connectivity index (χ2v) is 4.11. The third kappa shape index (κ3) is 2.22. The second kappa shape index (κ2) is 5.18. The monoisotopic (exact) mass is 248 g/mol. The number of ether oxygens (including phenoxy) is 1. The minimum Gasteiger partial charge on any atom is -0.462 e. The number of amides is 1. The predicted octanol–water partition coefficient (Wildman–Crippen LogP) is 0.778. The molecule has 1 aromatic rings. The molecule has 2 rings (SSSR count). The summed E-state index contributed by atoms with van der Waals surface area (Å²) in [6.45, 7) is 3.60. The molecule has 1 aromatic carbocycles. The Kier molecular flexibility index (Phi) is 3.62. The van der Waals surface area contributed by atoms with Crippen molar-refractivity contribution < 1.29 is 14.3 Å². The number of hydrogen-bond donors (Lipinski definition) is 1. The highest BCUT2D eigenvalue weighted by Gasteiger charge is 2.27. The lowest BCUT2D eigenvalue weighted by Crippen LogP contribution is -2.29. The molecule has 0 unspecified atom stereocenters. The number of carbonyl (C=O) groups excluding carboxylic acids is 2. The lowest BCUT2D eigenvalue weighted by atomic mass is 10.1. The van der Waals surface area contributed by atoms with Gasteiger partial charge in [0.05, 0.1) is 12.2 Å². The van der Waals surface area contributed by atoms with Crippen LogP contribution < -0.4 is 5.73 Å². The van der Waals surface area contributed by atoms with Crippen molar-refractivity contribution in [1.82, 2.24) is 4.90 Å². The molecule has 0 aliphatic carbocycles. The fraction of sp³-hybridized carbons (Fsp3) is 0.385. The van der Waals surface area contributed by atoms with E-state index in [1.807, 2.05) is 0 Å². The first-order valence-electron chi connectivity index (χ1n) is 5.96. The SMILES string of the molecule is CCOC(=O)c1ccc2c(c1)C(=O)N(CCN)C2. The van der Waals surface area contributed by atoms with Crippen LogP contribution in [0.4, 0.5) is 0 Å². The lowest BCUT2D eigenvalue weighted by molar-refractivity contribution is 0.0526. The number of benzene rings is 1. The zero-order chi connectivity index (χ0) is 13.1. The minimum absolute atomic E-state index is 0.0680. The van der Waals surface area contributed by atoms with Crippen LogP contribution in [-0.2, 0) is 11.3 Å². The van der Waals surface area contributed by atoms with Gasteiger partial charge in [0, 0.05) is 25.2 Å². The van der Waals surface area contributed by atoms with Crippen molar-refractivity contribution in [2.75, 3.05) is 19.7 Å². The summed E-state index contributed by atoms with van der Waals surface area (Å²) in [7, 11) is 0. The Morgan fingerprint density at radius 2 is 2.28 bits per heavy atom. The summed E-state index contributed by atoms with van der Waals surface area (Å²) in [4.78, 5) is 25.3. The Balaban J connectivity index is 2.25. The zero-order valence-electron chi connectivity index (χ0n) is 10.3. The van der Waals surface area contributed by atoms with Gasteiger partial charge in [-0.05, 0) is 24.6 Å². The van der Waals surface area contributed by atoms with Gasteiger partial charge >= 0.3 is 5.97 Å². The molecule has 2 N–H and O–H groups in total. The first-order chi connectivity index (χ1) is 8.67. The van der Waals surface area contributed by atoms with Crippen LogP contribution in [0.5, 0.6) is 0 Å². The van der Waals surface area contributed by atoms with Crippen LogP contribution in [0.3, 0.4) is 0 Å². The molecule has 5 heteroatoms. The Labute approximate surface area is 106 Å². The van der Waals surface area contributed by atoms with E-state index in [1.54, 1.807) is 30.0 Å². The molecule has 0 saturated carbocycles. The van der Waals surface area contributed by atoms with Crippen LogP contribution in [0.1, 0.15) is 33.2 Å².